The summed E-state index contributed by atoms with van der Waals surface area (Å²) in [6.45, 7) is 0. The number of hydrogen-bond acceptors (Lipinski definition) is 3. The molecule has 0 radical (unpaired) electrons. The van der Waals surface area contributed by atoms with Crippen molar-refractivity contribution in [2.75, 3.05) is 4.72 Å². The Kier molecular flexibility index (Phi) is 3.50. The Bertz CT molecular complexity index is 626. The van der Waals surface area contributed by atoms with E-state index in [-0.39, 0.29) is 14.4 Å². The zero-order valence-electron chi connectivity index (χ0n) is 8.35. The number of hydrogen-bond donors (Lipinski definition) is 1. The number of sulfonamides is 1. The van der Waals surface area contributed by atoms with Gasteiger partial charge in [0.05, 0.1) is 10.2 Å². The smallest absolute Gasteiger partial charge is 0.271 e. The Morgan fingerprint density at radius 3 is 2.65 bits per heavy atom. The van der Waals surface area contributed by atoms with Crippen LogP contribution in [0.15, 0.2) is 44.4 Å². The van der Waals surface area contributed by atoms with E-state index in [4.69, 9.17) is 0 Å². The molecule has 0 aliphatic rings. The minimum Gasteiger partial charge on any atom is -0.279 e. The Balaban J connectivity index is 2.30. The minimum atomic E-state index is -3.61. The molecule has 90 valence electrons. The van der Waals surface area contributed by atoms with Crippen molar-refractivity contribution < 1.29 is 12.8 Å². The Labute approximate surface area is 110 Å². The van der Waals surface area contributed by atoms with Crippen molar-refractivity contribution in [1.29, 1.82) is 0 Å². The van der Waals surface area contributed by atoms with E-state index in [1.165, 1.54) is 18.2 Å². The highest BCUT2D eigenvalue weighted by atomic mass is 79.9. The van der Waals surface area contributed by atoms with Gasteiger partial charge in [-0.1, -0.05) is 6.07 Å². The number of halogens is 2. The van der Waals surface area contributed by atoms with Gasteiger partial charge in [0.25, 0.3) is 10.0 Å². The second kappa shape index (κ2) is 4.75. The second-order valence-corrected chi connectivity index (χ2v) is 6.88. The Morgan fingerprint density at radius 1 is 1.29 bits per heavy atom. The third-order valence-corrected chi connectivity index (χ3v) is 5.35. The topological polar surface area (TPSA) is 46.2 Å². The fraction of sp³-hybridized carbons (Fsp3) is 0. The summed E-state index contributed by atoms with van der Waals surface area (Å²) < 4.78 is 39.7. The molecule has 0 saturated heterocycles. The lowest BCUT2D eigenvalue weighted by atomic mass is 10.3. The van der Waals surface area contributed by atoms with E-state index in [0.717, 1.165) is 17.4 Å². The molecule has 0 aliphatic carbocycles. The van der Waals surface area contributed by atoms with Crippen molar-refractivity contribution in [3.8, 4) is 0 Å². The molecule has 0 fully saturated rings. The molecule has 0 bridgehead atoms. The van der Waals surface area contributed by atoms with Crippen LogP contribution in [-0.4, -0.2) is 8.42 Å². The third kappa shape index (κ3) is 2.85. The SMILES string of the molecule is O=S(=O)(Nc1ccc(Br)c(F)c1)c1cccs1. The first kappa shape index (κ1) is 12.5. The highest BCUT2D eigenvalue weighted by Crippen LogP contribution is 2.23. The van der Waals surface area contributed by atoms with Crippen LogP contribution in [0.5, 0.6) is 0 Å². The molecule has 1 aromatic carbocycles. The summed E-state index contributed by atoms with van der Waals surface area (Å²) in [4.78, 5) is 0. The first-order chi connectivity index (χ1) is 7.99. The van der Waals surface area contributed by atoms with E-state index < -0.39 is 15.8 Å². The molecule has 1 heterocycles. The van der Waals surface area contributed by atoms with Gasteiger partial charge < -0.3 is 0 Å². The summed E-state index contributed by atoms with van der Waals surface area (Å²) in [6, 6.07) is 7.18. The van der Waals surface area contributed by atoms with Crippen LogP contribution >= 0.6 is 27.3 Å². The summed E-state index contributed by atoms with van der Waals surface area (Å²) in [7, 11) is -3.61. The van der Waals surface area contributed by atoms with E-state index in [2.05, 4.69) is 20.7 Å². The highest BCUT2D eigenvalue weighted by Gasteiger charge is 2.15. The predicted molar refractivity (Wildman–Crippen MR) is 69.2 cm³/mol. The highest BCUT2D eigenvalue weighted by molar-refractivity contribution is 9.10. The number of thiophene rings is 1. The summed E-state index contributed by atoms with van der Waals surface area (Å²) in [6.07, 6.45) is 0. The number of benzene rings is 1. The van der Waals surface area contributed by atoms with Crippen LogP contribution in [0.25, 0.3) is 0 Å². The summed E-state index contributed by atoms with van der Waals surface area (Å²) in [5.41, 5.74) is 0.194. The van der Waals surface area contributed by atoms with Crippen LogP contribution in [0.1, 0.15) is 0 Å². The largest absolute Gasteiger partial charge is 0.279 e. The lowest BCUT2D eigenvalue weighted by Crippen LogP contribution is -2.11. The standard InChI is InChI=1S/C10H7BrFNO2S2/c11-8-4-3-7(6-9(8)12)13-17(14,15)10-2-1-5-16-10/h1-6,13H. The number of anilines is 1. The van der Waals surface area contributed by atoms with E-state index in [1.54, 1.807) is 11.4 Å². The Morgan fingerprint density at radius 2 is 2.06 bits per heavy atom. The van der Waals surface area contributed by atoms with Gasteiger partial charge in [-0.2, -0.15) is 0 Å². The molecule has 1 N–H and O–H groups in total. The fourth-order valence-electron chi connectivity index (χ4n) is 1.18. The molecule has 0 unspecified atom stereocenters. The van der Waals surface area contributed by atoms with Gasteiger partial charge in [0.1, 0.15) is 10.0 Å². The molecule has 0 aliphatic heterocycles. The maximum absolute atomic E-state index is 13.2. The molecule has 0 amide bonds. The van der Waals surface area contributed by atoms with Crippen molar-refractivity contribution in [3.05, 3.63) is 46.0 Å². The van der Waals surface area contributed by atoms with Crippen LogP contribution in [0.4, 0.5) is 10.1 Å². The van der Waals surface area contributed by atoms with Gasteiger partial charge in [-0.3, -0.25) is 4.72 Å². The maximum Gasteiger partial charge on any atom is 0.271 e. The van der Waals surface area contributed by atoms with Gasteiger partial charge in [-0.25, -0.2) is 12.8 Å². The first-order valence-corrected chi connectivity index (χ1v) is 7.66. The predicted octanol–water partition coefficient (Wildman–Crippen LogP) is 3.45. The molecule has 2 aromatic rings. The molecule has 0 saturated carbocycles. The van der Waals surface area contributed by atoms with Gasteiger partial charge in [-0.15, -0.1) is 11.3 Å². The molecular weight excluding hydrogens is 329 g/mol. The van der Waals surface area contributed by atoms with Crippen molar-refractivity contribution >= 4 is 43.0 Å². The van der Waals surface area contributed by atoms with Gasteiger partial charge in [0.2, 0.25) is 0 Å². The molecular formula is C10H7BrFNO2S2. The van der Waals surface area contributed by atoms with Crippen molar-refractivity contribution in [2.45, 2.75) is 4.21 Å². The van der Waals surface area contributed by atoms with Crippen molar-refractivity contribution in [3.63, 3.8) is 0 Å². The van der Waals surface area contributed by atoms with Crippen LogP contribution in [0, 0.1) is 5.82 Å². The van der Waals surface area contributed by atoms with Gasteiger partial charge in [-0.05, 0) is 45.6 Å². The van der Waals surface area contributed by atoms with Crippen molar-refractivity contribution in [1.82, 2.24) is 0 Å². The van der Waals surface area contributed by atoms with Crippen LogP contribution in [-0.2, 0) is 10.0 Å². The van der Waals surface area contributed by atoms with Gasteiger partial charge >= 0.3 is 0 Å². The first-order valence-electron chi connectivity index (χ1n) is 4.50. The molecule has 0 spiro atoms. The summed E-state index contributed by atoms with van der Waals surface area (Å²) in [5.74, 6) is -0.517. The number of rotatable bonds is 3. The van der Waals surface area contributed by atoms with Crippen molar-refractivity contribution in [2.24, 2.45) is 0 Å². The average molecular weight is 336 g/mol. The number of nitrogens with one attached hydrogen (secondary N) is 1. The van der Waals surface area contributed by atoms with Gasteiger partial charge in [0, 0.05) is 0 Å². The molecule has 3 nitrogen and oxygen atoms in total. The second-order valence-electron chi connectivity index (χ2n) is 3.17. The van der Waals surface area contributed by atoms with E-state index in [1.807, 2.05) is 0 Å². The zero-order valence-corrected chi connectivity index (χ0v) is 11.6. The minimum absolute atomic E-state index is 0.194. The molecule has 1 aromatic heterocycles. The molecule has 17 heavy (non-hydrogen) atoms. The summed E-state index contributed by atoms with van der Waals surface area (Å²) >= 11 is 4.10. The molecule has 7 heteroatoms. The maximum atomic E-state index is 13.2. The lowest BCUT2D eigenvalue weighted by Gasteiger charge is -2.06. The zero-order chi connectivity index (χ0) is 12.5. The summed E-state index contributed by atoms with van der Waals surface area (Å²) in [5, 5.41) is 1.66. The fourth-order valence-corrected chi connectivity index (χ4v) is 3.47. The van der Waals surface area contributed by atoms with E-state index >= 15 is 0 Å². The average Bonchev–Trinajstić information content (AvgIpc) is 2.77. The lowest BCUT2D eigenvalue weighted by molar-refractivity contribution is 0.603. The van der Waals surface area contributed by atoms with E-state index in [0.29, 0.717) is 0 Å². The van der Waals surface area contributed by atoms with E-state index in [9.17, 15) is 12.8 Å². The normalized spacial score (nSPS) is 11.4. The van der Waals surface area contributed by atoms with Crippen LogP contribution < -0.4 is 4.72 Å². The third-order valence-electron chi connectivity index (χ3n) is 1.93. The Hall–Kier alpha value is -0.920. The monoisotopic (exact) mass is 335 g/mol. The quantitative estimate of drug-likeness (QED) is 0.933. The van der Waals surface area contributed by atoms with Gasteiger partial charge in [0.15, 0.2) is 0 Å². The molecule has 2 rings (SSSR count). The van der Waals surface area contributed by atoms with Crippen LogP contribution in [0.2, 0.25) is 0 Å². The molecule has 0 atom stereocenters. The van der Waals surface area contributed by atoms with Crippen LogP contribution in [0.3, 0.4) is 0 Å².